The van der Waals surface area contributed by atoms with Crippen LogP contribution >= 0.6 is 0 Å². The predicted molar refractivity (Wildman–Crippen MR) is 34.9 cm³/mol. The second-order valence-corrected chi connectivity index (χ2v) is 2.36. The Balaban J connectivity index is 2.52. The number of furan rings is 1. The van der Waals surface area contributed by atoms with Crippen molar-refractivity contribution in [3.63, 3.8) is 0 Å². The van der Waals surface area contributed by atoms with Gasteiger partial charge in [0.25, 0.3) is 5.91 Å². The average molecular weight is 151 g/mol. The molecule has 56 valence electrons. The van der Waals surface area contributed by atoms with E-state index in [1.807, 2.05) is 0 Å². The molecule has 0 spiro atoms. The summed E-state index contributed by atoms with van der Waals surface area (Å²) in [6.45, 7) is 0. The number of carbonyl (C=O) groups excluding carboxylic acids is 2. The Morgan fingerprint density at radius 3 is 3.00 bits per heavy atom. The molecule has 2 rings (SSSR count). The Kier molecular flexibility index (Phi) is 1.09. The highest BCUT2D eigenvalue weighted by Crippen LogP contribution is 2.14. The molecule has 0 fully saturated rings. The summed E-state index contributed by atoms with van der Waals surface area (Å²) in [5, 5.41) is 2.18. The van der Waals surface area contributed by atoms with Crippen LogP contribution in [-0.4, -0.2) is 11.8 Å². The largest absolute Gasteiger partial charge is 0.471 e. The lowest BCUT2D eigenvalue weighted by atomic mass is 10.1. The molecule has 0 atom stereocenters. The van der Waals surface area contributed by atoms with Crippen molar-refractivity contribution < 1.29 is 14.0 Å². The van der Waals surface area contributed by atoms with Crippen molar-refractivity contribution in [2.75, 3.05) is 0 Å². The Bertz CT molecular complexity index is 326. The molecule has 0 radical (unpaired) electrons. The van der Waals surface area contributed by atoms with E-state index in [0.29, 0.717) is 11.1 Å². The Morgan fingerprint density at radius 1 is 1.36 bits per heavy atom. The van der Waals surface area contributed by atoms with E-state index in [1.165, 1.54) is 12.5 Å². The zero-order chi connectivity index (χ0) is 7.84. The standard InChI is InChI=1S/C7H5NO3/c9-6-1-4-2-11-3-5(4)7(10)8-6/h2-3H,1H2,(H,8,9,10). The van der Waals surface area contributed by atoms with Crippen LogP contribution in [0.3, 0.4) is 0 Å². The highest BCUT2D eigenvalue weighted by molar-refractivity contribution is 6.09. The first-order valence-corrected chi connectivity index (χ1v) is 3.16. The molecular weight excluding hydrogens is 146 g/mol. The summed E-state index contributed by atoms with van der Waals surface area (Å²) in [6.07, 6.45) is 3.00. The van der Waals surface area contributed by atoms with Gasteiger partial charge in [-0.15, -0.1) is 0 Å². The molecule has 1 aliphatic heterocycles. The molecule has 0 saturated carbocycles. The van der Waals surface area contributed by atoms with Crippen molar-refractivity contribution in [3.05, 3.63) is 23.7 Å². The van der Waals surface area contributed by atoms with Gasteiger partial charge in [0.15, 0.2) is 0 Å². The van der Waals surface area contributed by atoms with E-state index in [9.17, 15) is 9.59 Å². The zero-order valence-corrected chi connectivity index (χ0v) is 5.59. The number of imide groups is 1. The molecule has 0 saturated heterocycles. The van der Waals surface area contributed by atoms with E-state index in [0.717, 1.165) is 0 Å². The maximum atomic E-state index is 11.0. The lowest BCUT2D eigenvalue weighted by Gasteiger charge is -2.08. The van der Waals surface area contributed by atoms with Crippen LogP contribution in [0.5, 0.6) is 0 Å². The number of nitrogens with one attached hydrogen (secondary N) is 1. The van der Waals surface area contributed by atoms with Crippen molar-refractivity contribution in [2.45, 2.75) is 6.42 Å². The molecule has 1 N–H and O–H groups in total. The van der Waals surface area contributed by atoms with E-state index in [4.69, 9.17) is 4.42 Å². The first-order chi connectivity index (χ1) is 5.27. The van der Waals surface area contributed by atoms with Gasteiger partial charge < -0.3 is 4.42 Å². The Labute approximate surface area is 62.2 Å². The fourth-order valence-corrected chi connectivity index (χ4v) is 1.07. The van der Waals surface area contributed by atoms with Crippen molar-refractivity contribution in [1.82, 2.24) is 5.32 Å². The first kappa shape index (κ1) is 6.15. The minimum Gasteiger partial charge on any atom is -0.471 e. The number of fused-ring (bicyclic) bond motifs is 1. The van der Waals surface area contributed by atoms with Crippen LogP contribution in [0.2, 0.25) is 0 Å². The molecule has 1 aromatic rings. The van der Waals surface area contributed by atoms with Crippen molar-refractivity contribution in [2.24, 2.45) is 0 Å². The summed E-state index contributed by atoms with van der Waals surface area (Å²) in [5.41, 5.74) is 1.13. The molecule has 0 unspecified atom stereocenters. The molecule has 1 aromatic heterocycles. The summed E-state index contributed by atoms with van der Waals surface area (Å²) in [5.74, 6) is -0.645. The van der Waals surface area contributed by atoms with Crippen LogP contribution in [0.25, 0.3) is 0 Å². The van der Waals surface area contributed by atoms with Crippen molar-refractivity contribution >= 4 is 11.8 Å². The van der Waals surface area contributed by atoms with E-state index in [-0.39, 0.29) is 18.2 Å². The third-order valence-corrected chi connectivity index (χ3v) is 1.59. The maximum absolute atomic E-state index is 11.0. The predicted octanol–water partition coefficient (Wildman–Crippen LogP) is 0.0921. The monoisotopic (exact) mass is 151 g/mol. The fourth-order valence-electron chi connectivity index (χ4n) is 1.07. The fraction of sp³-hybridized carbons (Fsp3) is 0.143. The van der Waals surface area contributed by atoms with Gasteiger partial charge >= 0.3 is 0 Å². The van der Waals surface area contributed by atoms with Gasteiger partial charge in [0.05, 0.1) is 18.2 Å². The lowest BCUT2D eigenvalue weighted by molar-refractivity contribution is -0.119. The van der Waals surface area contributed by atoms with Crippen LogP contribution in [-0.2, 0) is 11.2 Å². The third kappa shape index (κ3) is 0.832. The van der Waals surface area contributed by atoms with E-state index in [2.05, 4.69) is 5.32 Å². The molecular formula is C7H5NO3. The summed E-state index contributed by atoms with van der Waals surface area (Å²) < 4.78 is 4.77. The topological polar surface area (TPSA) is 59.3 Å². The quantitative estimate of drug-likeness (QED) is 0.534. The highest BCUT2D eigenvalue weighted by atomic mass is 16.3. The van der Waals surface area contributed by atoms with Gasteiger partial charge in [-0.1, -0.05) is 0 Å². The summed E-state index contributed by atoms with van der Waals surface area (Å²) in [7, 11) is 0. The summed E-state index contributed by atoms with van der Waals surface area (Å²) in [4.78, 5) is 21.7. The van der Waals surface area contributed by atoms with E-state index >= 15 is 0 Å². The zero-order valence-electron chi connectivity index (χ0n) is 5.59. The molecule has 0 aromatic carbocycles. The number of hydrogen-bond acceptors (Lipinski definition) is 3. The number of carbonyl (C=O) groups is 2. The number of amides is 2. The molecule has 11 heavy (non-hydrogen) atoms. The molecule has 4 nitrogen and oxygen atoms in total. The van der Waals surface area contributed by atoms with Crippen LogP contribution in [0.15, 0.2) is 16.9 Å². The van der Waals surface area contributed by atoms with E-state index < -0.39 is 0 Å². The van der Waals surface area contributed by atoms with Gasteiger partial charge in [0.2, 0.25) is 5.91 Å². The minimum absolute atomic E-state index is 0.234. The lowest BCUT2D eigenvalue weighted by Crippen LogP contribution is -2.36. The van der Waals surface area contributed by atoms with Gasteiger partial charge in [0.1, 0.15) is 6.26 Å². The number of hydrogen-bond donors (Lipinski definition) is 1. The molecule has 4 heteroatoms. The summed E-state index contributed by atoms with van der Waals surface area (Å²) >= 11 is 0. The Hall–Kier alpha value is -1.58. The van der Waals surface area contributed by atoms with Crippen LogP contribution in [0.4, 0.5) is 0 Å². The second-order valence-electron chi connectivity index (χ2n) is 2.36. The molecule has 2 amide bonds. The van der Waals surface area contributed by atoms with Crippen molar-refractivity contribution in [1.29, 1.82) is 0 Å². The molecule has 0 aliphatic carbocycles. The highest BCUT2D eigenvalue weighted by Gasteiger charge is 2.23. The number of rotatable bonds is 0. The molecule has 0 bridgehead atoms. The molecule has 2 heterocycles. The maximum Gasteiger partial charge on any atom is 0.261 e. The SMILES string of the molecule is O=C1Cc2cocc2C(=O)N1. The summed E-state index contributed by atoms with van der Waals surface area (Å²) in [6, 6.07) is 0. The normalized spacial score (nSPS) is 16.0. The van der Waals surface area contributed by atoms with E-state index in [1.54, 1.807) is 0 Å². The average Bonchev–Trinajstić information content (AvgIpc) is 2.34. The first-order valence-electron chi connectivity index (χ1n) is 3.16. The van der Waals surface area contributed by atoms with Gasteiger partial charge in [-0.2, -0.15) is 0 Å². The second kappa shape index (κ2) is 1.95. The van der Waals surface area contributed by atoms with Crippen molar-refractivity contribution in [3.8, 4) is 0 Å². The van der Waals surface area contributed by atoms with Gasteiger partial charge in [-0.3, -0.25) is 14.9 Å². The molecule has 1 aliphatic rings. The van der Waals surface area contributed by atoms with Crippen LogP contribution in [0.1, 0.15) is 15.9 Å². The van der Waals surface area contributed by atoms with Crippen LogP contribution in [0, 0.1) is 0 Å². The minimum atomic E-state index is -0.370. The van der Waals surface area contributed by atoms with Gasteiger partial charge in [0, 0.05) is 5.56 Å². The smallest absolute Gasteiger partial charge is 0.261 e. The third-order valence-electron chi connectivity index (χ3n) is 1.59. The van der Waals surface area contributed by atoms with Crippen LogP contribution < -0.4 is 5.32 Å². The van der Waals surface area contributed by atoms with Gasteiger partial charge in [-0.25, -0.2) is 0 Å². The Morgan fingerprint density at radius 2 is 2.18 bits per heavy atom. The van der Waals surface area contributed by atoms with Gasteiger partial charge in [-0.05, 0) is 0 Å².